The molecule has 2 aromatic carbocycles. The number of nitrogens with two attached hydrogens (primary N) is 1. The average molecular weight is 273 g/mol. The van der Waals surface area contributed by atoms with Gasteiger partial charge in [0.1, 0.15) is 11.6 Å². The molecule has 1 unspecified atom stereocenters. The van der Waals surface area contributed by atoms with Crippen LogP contribution in [0.15, 0.2) is 42.5 Å². The lowest BCUT2D eigenvalue weighted by Gasteiger charge is -2.19. The van der Waals surface area contributed by atoms with E-state index >= 15 is 0 Å². The molecule has 0 heterocycles. The fourth-order valence-corrected chi connectivity index (χ4v) is 3.00. The molecule has 0 fully saturated rings. The Hall–Kier alpha value is -1.74. The van der Waals surface area contributed by atoms with Crippen molar-refractivity contribution in [1.29, 1.82) is 0 Å². The van der Waals surface area contributed by atoms with Gasteiger partial charge >= 0.3 is 0 Å². The molecule has 20 heavy (non-hydrogen) atoms. The van der Waals surface area contributed by atoms with Crippen molar-refractivity contribution in [3.63, 3.8) is 0 Å². The average Bonchev–Trinajstić information content (AvgIpc) is 2.86. The normalized spacial score (nSPS) is 16.1. The number of fused-ring (bicyclic) bond motifs is 1. The van der Waals surface area contributed by atoms with Crippen LogP contribution in [0.5, 0.6) is 0 Å². The zero-order chi connectivity index (χ0) is 14.1. The first-order chi connectivity index (χ1) is 9.63. The number of hydrogen-bond acceptors (Lipinski definition) is 1. The highest BCUT2D eigenvalue weighted by molar-refractivity contribution is 5.33. The quantitative estimate of drug-likeness (QED) is 0.912. The van der Waals surface area contributed by atoms with Crippen LogP contribution in [0.2, 0.25) is 0 Å². The van der Waals surface area contributed by atoms with E-state index in [9.17, 15) is 8.78 Å². The summed E-state index contributed by atoms with van der Waals surface area (Å²) in [6.07, 6.45) is 2.34. The van der Waals surface area contributed by atoms with Crippen LogP contribution >= 0.6 is 0 Å². The zero-order valence-electron chi connectivity index (χ0n) is 11.2. The van der Waals surface area contributed by atoms with Gasteiger partial charge in [-0.1, -0.05) is 30.3 Å². The summed E-state index contributed by atoms with van der Waals surface area (Å²) in [4.78, 5) is 0. The Morgan fingerprint density at radius 3 is 2.30 bits per heavy atom. The van der Waals surface area contributed by atoms with Crippen molar-refractivity contribution in [2.24, 2.45) is 11.7 Å². The molecule has 0 spiro atoms. The SMILES string of the molecule is NC(Cc1ccc(F)cc1F)C1Cc2ccccc2C1. The zero-order valence-corrected chi connectivity index (χ0v) is 11.2. The van der Waals surface area contributed by atoms with Crippen LogP contribution in [0, 0.1) is 17.6 Å². The Balaban J connectivity index is 1.70. The number of hydrogen-bond donors (Lipinski definition) is 1. The molecule has 0 saturated carbocycles. The first kappa shape index (κ1) is 13.3. The molecule has 2 N–H and O–H groups in total. The van der Waals surface area contributed by atoms with Crippen LogP contribution in [0.4, 0.5) is 8.78 Å². The lowest BCUT2D eigenvalue weighted by molar-refractivity contribution is 0.430. The molecule has 1 aliphatic rings. The third kappa shape index (κ3) is 2.59. The van der Waals surface area contributed by atoms with Crippen LogP contribution in [-0.4, -0.2) is 6.04 Å². The van der Waals surface area contributed by atoms with Crippen molar-refractivity contribution in [3.8, 4) is 0 Å². The Morgan fingerprint density at radius 1 is 1.05 bits per heavy atom. The maximum Gasteiger partial charge on any atom is 0.129 e. The summed E-state index contributed by atoms with van der Waals surface area (Å²) < 4.78 is 26.6. The molecule has 1 aliphatic carbocycles. The monoisotopic (exact) mass is 273 g/mol. The Labute approximate surface area is 117 Å². The molecule has 0 aliphatic heterocycles. The Morgan fingerprint density at radius 2 is 1.70 bits per heavy atom. The third-order valence-electron chi connectivity index (χ3n) is 4.16. The predicted octanol–water partition coefficient (Wildman–Crippen LogP) is 3.25. The summed E-state index contributed by atoms with van der Waals surface area (Å²) in [7, 11) is 0. The molecular weight excluding hydrogens is 256 g/mol. The summed E-state index contributed by atoms with van der Waals surface area (Å²) in [5.41, 5.74) is 9.41. The number of benzene rings is 2. The van der Waals surface area contributed by atoms with Crippen LogP contribution in [0.25, 0.3) is 0 Å². The van der Waals surface area contributed by atoms with Crippen molar-refractivity contribution in [3.05, 3.63) is 70.8 Å². The third-order valence-corrected chi connectivity index (χ3v) is 4.16. The van der Waals surface area contributed by atoms with Gasteiger partial charge in [0.05, 0.1) is 0 Å². The molecule has 1 nitrogen and oxygen atoms in total. The molecule has 104 valence electrons. The van der Waals surface area contributed by atoms with E-state index in [0.717, 1.165) is 18.9 Å². The molecule has 0 saturated heterocycles. The van der Waals surface area contributed by atoms with Crippen LogP contribution < -0.4 is 5.73 Å². The minimum atomic E-state index is -0.548. The Kier molecular flexibility index (Phi) is 3.53. The fourth-order valence-electron chi connectivity index (χ4n) is 3.00. The van der Waals surface area contributed by atoms with Gasteiger partial charge in [-0.05, 0) is 47.9 Å². The molecule has 0 radical (unpaired) electrons. The molecule has 2 aromatic rings. The van der Waals surface area contributed by atoms with E-state index in [1.807, 2.05) is 12.1 Å². The van der Waals surface area contributed by atoms with Gasteiger partial charge in [0, 0.05) is 12.1 Å². The standard InChI is InChI=1S/C17H17F2N/c18-15-6-5-13(16(19)10-15)9-17(20)14-7-11-3-1-2-4-12(11)8-14/h1-6,10,14,17H,7-9,20H2. The molecule has 1 atom stereocenters. The number of halogens is 2. The van der Waals surface area contributed by atoms with E-state index in [4.69, 9.17) is 5.73 Å². The minimum Gasteiger partial charge on any atom is -0.327 e. The highest BCUT2D eigenvalue weighted by Gasteiger charge is 2.26. The summed E-state index contributed by atoms with van der Waals surface area (Å²) in [5.74, 6) is -0.721. The van der Waals surface area contributed by atoms with E-state index in [-0.39, 0.29) is 6.04 Å². The van der Waals surface area contributed by atoms with E-state index in [1.54, 1.807) is 0 Å². The lowest BCUT2D eigenvalue weighted by atomic mass is 9.92. The minimum absolute atomic E-state index is 0.109. The summed E-state index contributed by atoms with van der Waals surface area (Å²) in [5, 5.41) is 0. The van der Waals surface area contributed by atoms with Crippen molar-refractivity contribution in [2.45, 2.75) is 25.3 Å². The van der Waals surface area contributed by atoms with E-state index in [2.05, 4.69) is 12.1 Å². The van der Waals surface area contributed by atoms with Gasteiger partial charge in [0.25, 0.3) is 0 Å². The molecule has 0 amide bonds. The van der Waals surface area contributed by atoms with Crippen molar-refractivity contribution in [2.75, 3.05) is 0 Å². The number of rotatable bonds is 3. The van der Waals surface area contributed by atoms with Crippen molar-refractivity contribution in [1.82, 2.24) is 0 Å². The maximum atomic E-state index is 13.7. The first-order valence-electron chi connectivity index (χ1n) is 6.90. The summed E-state index contributed by atoms with van der Waals surface area (Å²) in [6, 6.07) is 11.9. The second-order valence-electron chi connectivity index (χ2n) is 5.54. The van der Waals surface area contributed by atoms with Gasteiger partial charge < -0.3 is 5.73 Å². The largest absolute Gasteiger partial charge is 0.327 e. The van der Waals surface area contributed by atoms with Gasteiger partial charge in [-0.2, -0.15) is 0 Å². The van der Waals surface area contributed by atoms with Gasteiger partial charge in [0.15, 0.2) is 0 Å². The van der Waals surface area contributed by atoms with Crippen molar-refractivity contribution < 1.29 is 8.78 Å². The van der Waals surface area contributed by atoms with E-state index in [0.29, 0.717) is 17.9 Å². The van der Waals surface area contributed by atoms with E-state index in [1.165, 1.54) is 23.3 Å². The predicted molar refractivity (Wildman–Crippen MR) is 75.4 cm³/mol. The summed E-state index contributed by atoms with van der Waals surface area (Å²) >= 11 is 0. The lowest BCUT2D eigenvalue weighted by Crippen LogP contribution is -2.33. The Bertz CT molecular complexity index is 599. The topological polar surface area (TPSA) is 26.0 Å². The van der Waals surface area contributed by atoms with Gasteiger partial charge in [-0.15, -0.1) is 0 Å². The smallest absolute Gasteiger partial charge is 0.129 e. The van der Waals surface area contributed by atoms with Gasteiger partial charge in [-0.25, -0.2) is 8.78 Å². The maximum absolute atomic E-state index is 13.7. The van der Waals surface area contributed by atoms with Crippen molar-refractivity contribution >= 4 is 0 Å². The van der Waals surface area contributed by atoms with E-state index < -0.39 is 11.6 Å². The molecule has 0 bridgehead atoms. The highest BCUT2D eigenvalue weighted by atomic mass is 19.1. The molecule has 3 rings (SSSR count). The van der Waals surface area contributed by atoms with Crippen LogP contribution in [-0.2, 0) is 19.3 Å². The highest BCUT2D eigenvalue weighted by Crippen LogP contribution is 2.29. The molecule has 3 heteroatoms. The van der Waals surface area contributed by atoms with Crippen LogP contribution in [0.1, 0.15) is 16.7 Å². The first-order valence-corrected chi connectivity index (χ1v) is 6.90. The fraction of sp³-hybridized carbons (Fsp3) is 0.294. The second kappa shape index (κ2) is 5.33. The molecular formula is C17H17F2N. The van der Waals surface area contributed by atoms with Gasteiger partial charge in [-0.3, -0.25) is 0 Å². The van der Waals surface area contributed by atoms with Crippen LogP contribution in [0.3, 0.4) is 0 Å². The second-order valence-corrected chi connectivity index (χ2v) is 5.54. The van der Waals surface area contributed by atoms with Gasteiger partial charge in [0.2, 0.25) is 0 Å². The molecule has 0 aromatic heterocycles. The summed E-state index contributed by atoms with van der Waals surface area (Å²) in [6.45, 7) is 0.